The van der Waals surface area contributed by atoms with E-state index in [9.17, 15) is 0 Å². The smallest absolute Gasteiger partial charge is 0.0480 e. The maximum atomic E-state index is 3.48. The van der Waals surface area contributed by atoms with E-state index < -0.39 is 0 Å². The molecule has 0 radical (unpaired) electrons. The van der Waals surface area contributed by atoms with Crippen LogP contribution in [0.2, 0.25) is 0 Å². The summed E-state index contributed by atoms with van der Waals surface area (Å²) in [4.78, 5) is 0. The minimum atomic E-state index is 0.583. The van der Waals surface area contributed by atoms with Gasteiger partial charge in [-0.1, -0.05) is 25.5 Å². The second-order valence-electron chi connectivity index (χ2n) is 5.50. The van der Waals surface area contributed by atoms with Crippen molar-refractivity contribution in [2.24, 2.45) is 7.05 Å². The van der Waals surface area contributed by atoms with Gasteiger partial charge in [0.05, 0.1) is 0 Å². The largest absolute Gasteiger partial charge is 0.350 e. The van der Waals surface area contributed by atoms with Crippen molar-refractivity contribution in [3.63, 3.8) is 0 Å². The van der Waals surface area contributed by atoms with E-state index in [4.69, 9.17) is 0 Å². The molecule has 0 amide bonds. The number of hydrogen-bond donors (Lipinski definition) is 1. The van der Waals surface area contributed by atoms with Gasteiger partial charge in [-0.15, -0.1) is 0 Å². The average molecular weight is 244 g/mol. The number of benzene rings is 1. The molecular formula is C16H24N2. The van der Waals surface area contributed by atoms with Crippen LogP contribution in [0.25, 0.3) is 10.9 Å². The predicted octanol–water partition coefficient (Wildman–Crippen LogP) is 3.42. The minimum Gasteiger partial charge on any atom is -0.350 e. The summed E-state index contributed by atoms with van der Waals surface area (Å²) in [5.41, 5.74) is 4.16. The summed E-state index contributed by atoms with van der Waals surface area (Å²) in [6.07, 6.45) is 4.63. The van der Waals surface area contributed by atoms with E-state index in [-0.39, 0.29) is 0 Å². The highest BCUT2D eigenvalue weighted by molar-refractivity contribution is 5.84. The summed E-state index contributed by atoms with van der Waals surface area (Å²) in [5, 5.41) is 4.89. The third-order valence-corrected chi connectivity index (χ3v) is 3.40. The highest BCUT2D eigenvalue weighted by Gasteiger charge is 2.06. The highest BCUT2D eigenvalue weighted by atomic mass is 14.9. The lowest BCUT2D eigenvalue weighted by Crippen LogP contribution is -2.23. The molecule has 2 aromatic rings. The van der Waals surface area contributed by atoms with Gasteiger partial charge in [-0.05, 0) is 44.0 Å². The zero-order valence-electron chi connectivity index (χ0n) is 12.0. The van der Waals surface area contributed by atoms with E-state index in [0.717, 1.165) is 13.0 Å². The standard InChI is InChI=1S/C16H24N2/c1-12(2)17-9-5-6-14-11-18(4)16-8-7-13(3)10-15(14)16/h7-8,10-12,17H,5-6,9H2,1-4H3. The Morgan fingerprint density at radius 1 is 1.28 bits per heavy atom. The van der Waals surface area contributed by atoms with Crippen LogP contribution in [-0.2, 0) is 13.5 Å². The van der Waals surface area contributed by atoms with E-state index in [1.54, 1.807) is 0 Å². The van der Waals surface area contributed by atoms with E-state index >= 15 is 0 Å². The van der Waals surface area contributed by atoms with Gasteiger partial charge >= 0.3 is 0 Å². The summed E-state index contributed by atoms with van der Waals surface area (Å²) in [6.45, 7) is 7.65. The second kappa shape index (κ2) is 5.57. The van der Waals surface area contributed by atoms with Crippen molar-refractivity contribution in [2.45, 2.75) is 39.7 Å². The van der Waals surface area contributed by atoms with Crippen molar-refractivity contribution in [1.82, 2.24) is 9.88 Å². The van der Waals surface area contributed by atoms with Gasteiger partial charge in [0.2, 0.25) is 0 Å². The molecule has 1 aromatic heterocycles. The highest BCUT2D eigenvalue weighted by Crippen LogP contribution is 2.22. The number of aromatic nitrogens is 1. The summed E-state index contributed by atoms with van der Waals surface area (Å²) in [7, 11) is 2.13. The van der Waals surface area contributed by atoms with Gasteiger partial charge in [0, 0.05) is 30.2 Å². The summed E-state index contributed by atoms with van der Waals surface area (Å²) >= 11 is 0. The molecule has 0 atom stereocenters. The molecule has 0 aliphatic heterocycles. The molecule has 2 rings (SSSR count). The molecule has 0 fully saturated rings. The van der Waals surface area contributed by atoms with Gasteiger partial charge in [-0.25, -0.2) is 0 Å². The molecule has 0 saturated heterocycles. The molecule has 1 aromatic carbocycles. The number of fused-ring (bicyclic) bond motifs is 1. The maximum absolute atomic E-state index is 3.48. The number of rotatable bonds is 5. The average Bonchev–Trinajstić information content (AvgIpc) is 2.61. The molecule has 98 valence electrons. The van der Waals surface area contributed by atoms with Crippen LogP contribution in [-0.4, -0.2) is 17.2 Å². The van der Waals surface area contributed by atoms with E-state index in [0.29, 0.717) is 6.04 Å². The van der Waals surface area contributed by atoms with Crippen molar-refractivity contribution < 1.29 is 0 Å². The normalized spacial score (nSPS) is 11.6. The molecule has 0 aliphatic rings. The molecule has 0 aliphatic carbocycles. The fraction of sp³-hybridized carbons (Fsp3) is 0.500. The fourth-order valence-corrected chi connectivity index (χ4v) is 2.46. The fourth-order valence-electron chi connectivity index (χ4n) is 2.46. The molecule has 0 bridgehead atoms. The van der Waals surface area contributed by atoms with Crippen LogP contribution in [0.5, 0.6) is 0 Å². The Balaban J connectivity index is 2.10. The molecule has 0 spiro atoms. The van der Waals surface area contributed by atoms with Gasteiger partial charge in [-0.2, -0.15) is 0 Å². The van der Waals surface area contributed by atoms with Crippen LogP contribution >= 0.6 is 0 Å². The minimum absolute atomic E-state index is 0.583. The van der Waals surface area contributed by atoms with Crippen molar-refractivity contribution in [2.75, 3.05) is 6.54 Å². The van der Waals surface area contributed by atoms with Crippen molar-refractivity contribution in [1.29, 1.82) is 0 Å². The molecule has 1 heterocycles. The zero-order chi connectivity index (χ0) is 13.1. The predicted molar refractivity (Wildman–Crippen MR) is 79.1 cm³/mol. The van der Waals surface area contributed by atoms with Crippen LogP contribution in [0.3, 0.4) is 0 Å². The van der Waals surface area contributed by atoms with Crippen LogP contribution in [0, 0.1) is 6.92 Å². The van der Waals surface area contributed by atoms with Crippen LogP contribution < -0.4 is 5.32 Å². The third-order valence-electron chi connectivity index (χ3n) is 3.40. The number of hydrogen-bond acceptors (Lipinski definition) is 1. The lowest BCUT2D eigenvalue weighted by molar-refractivity contribution is 0.571. The van der Waals surface area contributed by atoms with E-state index in [2.05, 4.69) is 62.1 Å². The summed E-state index contributed by atoms with van der Waals surface area (Å²) in [5.74, 6) is 0. The third kappa shape index (κ3) is 2.94. The second-order valence-corrected chi connectivity index (χ2v) is 5.50. The van der Waals surface area contributed by atoms with Crippen LogP contribution in [0.15, 0.2) is 24.4 Å². The Kier molecular flexibility index (Phi) is 4.07. The number of nitrogens with zero attached hydrogens (tertiary/aromatic N) is 1. The number of nitrogens with one attached hydrogen (secondary N) is 1. The molecule has 0 saturated carbocycles. The summed E-state index contributed by atoms with van der Waals surface area (Å²) in [6, 6.07) is 7.30. The van der Waals surface area contributed by atoms with E-state index in [1.807, 2.05) is 0 Å². The first kappa shape index (κ1) is 13.2. The Morgan fingerprint density at radius 2 is 2.06 bits per heavy atom. The number of aryl methyl sites for hydroxylation is 3. The summed E-state index contributed by atoms with van der Waals surface area (Å²) < 4.78 is 2.24. The van der Waals surface area contributed by atoms with Gasteiger partial charge < -0.3 is 9.88 Å². The first-order valence-electron chi connectivity index (χ1n) is 6.86. The Hall–Kier alpha value is -1.28. The molecule has 0 unspecified atom stereocenters. The van der Waals surface area contributed by atoms with Crippen LogP contribution in [0.4, 0.5) is 0 Å². The van der Waals surface area contributed by atoms with Crippen LogP contribution in [0.1, 0.15) is 31.4 Å². The quantitative estimate of drug-likeness (QED) is 0.797. The van der Waals surface area contributed by atoms with E-state index in [1.165, 1.54) is 28.5 Å². The van der Waals surface area contributed by atoms with Gasteiger partial charge in [0.15, 0.2) is 0 Å². The molecular weight excluding hydrogens is 220 g/mol. The Labute approximate surface area is 110 Å². The van der Waals surface area contributed by atoms with Crippen molar-refractivity contribution in [3.05, 3.63) is 35.5 Å². The Morgan fingerprint density at radius 3 is 2.78 bits per heavy atom. The molecule has 1 N–H and O–H groups in total. The van der Waals surface area contributed by atoms with Gasteiger partial charge in [0.1, 0.15) is 0 Å². The SMILES string of the molecule is Cc1ccc2c(c1)c(CCCNC(C)C)cn2C. The maximum Gasteiger partial charge on any atom is 0.0480 e. The van der Waals surface area contributed by atoms with Gasteiger partial charge in [-0.3, -0.25) is 0 Å². The lowest BCUT2D eigenvalue weighted by atomic mass is 10.1. The van der Waals surface area contributed by atoms with Gasteiger partial charge in [0.25, 0.3) is 0 Å². The molecule has 18 heavy (non-hydrogen) atoms. The van der Waals surface area contributed by atoms with Crippen molar-refractivity contribution in [3.8, 4) is 0 Å². The molecule has 2 heteroatoms. The molecule has 2 nitrogen and oxygen atoms in total. The van der Waals surface area contributed by atoms with Crippen molar-refractivity contribution >= 4 is 10.9 Å². The Bertz CT molecular complexity index is 523. The first-order valence-corrected chi connectivity index (χ1v) is 6.86. The zero-order valence-corrected chi connectivity index (χ0v) is 12.0. The first-order chi connectivity index (χ1) is 8.58. The topological polar surface area (TPSA) is 17.0 Å². The lowest BCUT2D eigenvalue weighted by Gasteiger charge is -2.07. The monoisotopic (exact) mass is 244 g/mol.